The standard InChI is InChI=1S/C37H36F3N5O2/c38-37(39,40)21-31-20-34(45(44-31)32-11-4-8-27(18-32)22-41)36(46)43-30-10-5-9-29(19-30)35(42-23-25-12-13-25)28-14-16-33(17-15-28)47-24-26-6-2-1-3-7-26/h1-11,14-20,25,35,42H,12-13,21-24,41H2,(H,43,46). The van der Waals surface area contributed by atoms with Crippen LogP contribution in [0.4, 0.5) is 18.9 Å². The van der Waals surface area contributed by atoms with E-state index in [0.717, 1.165) is 34.5 Å². The van der Waals surface area contributed by atoms with Crippen LogP contribution in [0, 0.1) is 5.92 Å². The van der Waals surface area contributed by atoms with Crippen molar-refractivity contribution in [3.63, 3.8) is 0 Å². The number of rotatable bonds is 13. The molecular weight excluding hydrogens is 603 g/mol. The van der Waals surface area contributed by atoms with Crippen LogP contribution in [0.3, 0.4) is 0 Å². The second-order valence-corrected chi connectivity index (χ2v) is 11.8. The van der Waals surface area contributed by atoms with Crippen molar-refractivity contribution in [1.82, 2.24) is 15.1 Å². The highest BCUT2D eigenvalue weighted by atomic mass is 19.4. The zero-order valence-corrected chi connectivity index (χ0v) is 25.7. The van der Waals surface area contributed by atoms with Crippen LogP contribution in [0.1, 0.15) is 57.3 Å². The number of carbonyl (C=O) groups excluding carboxylic acids is 1. The second-order valence-electron chi connectivity index (χ2n) is 11.8. The van der Waals surface area contributed by atoms with E-state index in [4.69, 9.17) is 10.5 Å². The average Bonchev–Trinajstić information content (AvgIpc) is 3.81. The van der Waals surface area contributed by atoms with Gasteiger partial charge in [0.25, 0.3) is 5.91 Å². The van der Waals surface area contributed by atoms with Crippen molar-refractivity contribution in [3.05, 3.63) is 143 Å². The number of ether oxygens (including phenoxy) is 1. The fourth-order valence-corrected chi connectivity index (χ4v) is 5.42. The van der Waals surface area contributed by atoms with Crippen LogP contribution in [0.5, 0.6) is 5.75 Å². The maximum atomic E-state index is 13.6. The first-order chi connectivity index (χ1) is 22.7. The van der Waals surface area contributed by atoms with E-state index >= 15 is 0 Å². The molecule has 1 atom stereocenters. The highest BCUT2D eigenvalue weighted by Gasteiger charge is 2.31. The molecule has 1 fully saturated rings. The minimum Gasteiger partial charge on any atom is -0.489 e. The van der Waals surface area contributed by atoms with Crippen LogP contribution in [-0.4, -0.2) is 28.4 Å². The Kier molecular flexibility index (Phi) is 9.70. The topological polar surface area (TPSA) is 94.2 Å². The lowest BCUT2D eigenvalue weighted by Gasteiger charge is -2.21. The first-order valence-electron chi connectivity index (χ1n) is 15.6. The molecule has 1 aliphatic carbocycles. The number of alkyl halides is 3. The molecule has 47 heavy (non-hydrogen) atoms. The molecule has 10 heteroatoms. The summed E-state index contributed by atoms with van der Waals surface area (Å²) in [6.45, 7) is 1.56. The number of aromatic nitrogens is 2. The van der Waals surface area contributed by atoms with Crippen molar-refractivity contribution >= 4 is 11.6 Å². The second kappa shape index (κ2) is 14.2. The minimum absolute atomic E-state index is 0.0154. The number of hydrogen-bond acceptors (Lipinski definition) is 5. The smallest absolute Gasteiger partial charge is 0.394 e. The largest absolute Gasteiger partial charge is 0.489 e. The van der Waals surface area contributed by atoms with Crippen molar-refractivity contribution in [3.8, 4) is 11.4 Å². The van der Waals surface area contributed by atoms with Gasteiger partial charge in [0.1, 0.15) is 18.1 Å². The van der Waals surface area contributed by atoms with Gasteiger partial charge in [0.05, 0.1) is 23.8 Å². The molecule has 1 heterocycles. The average molecular weight is 640 g/mol. The molecule has 6 rings (SSSR count). The summed E-state index contributed by atoms with van der Waals surface area (Å²) >= 11 is 0. The van der Waals surface area contributed by atoms with E-state index < -0.39 is 18.5 Å². The molecule has 5 aromatic rings. The normalized spacial score (nSPS) is 13.7. The number of hydrogen-bond donors (Lipinski definition) is 3. The van der Waals surface area contributed by atoms with Gasteiger partial charge in [-0.2, -0.15) is 18.3 Å². The Morgan fingerprint density at radius 1 is 0.894 bits per heavy atom. The number of nitrogens with zero attached hydrogens (tertiary/aromatic N) is 2. The summed E-state index contributed by atoms with van der Waals surface area (Å²) in [4.78, 5) is 13.6. The lowest BCUT2D eigenvalue weighted by atomic mass is 9.97. The SMILES string of the molecule is NCc1cccc(-n2nc(CC(F)(F)F)cc2C(=O)Nc2cccc(C(NCC3CC3)c3ccc(OCc4ccccc4)cc3)c2)c1. The van der Waals surface area contributed by atoms with E-state index in [1.807, 2.05) is 72.8 Å². The van der Waals surface area contributed by atoms with E-state index in [1.54, 1.807) is 30.3 Å². The van der Waals surface area contributed by atoms with E-state index in [0.29, 0.717) is 23.9 Å². The maximum Gasteiger partial charge on any atom is 0.394 e. The summed E-state index contributed by atoms with van der Waals surface area (Å²) in [5.74, 6) is 0.819. The Bertz CT molecular complexity index is 1800. The van der Waals surface area contributed by atoms with Crippen molar-refractivity contribution < 1.29 is 22.7 Å². The number of benzene rings is 4. The summed E-state index contributed by atoms with van der Waals surface area (Å²) in [6.07, 6.45) is -3.34. The number of nitrogens with two attached hydrogens (primary N) is 1. The lowest BCUT2D eigenvalue weighted by Crippen LogP contribution is -2.25. The van der Waals surface area contributed by atoms with Gasteiger partial charge >= 0.3 is 6.18 Å². The predicted octanol–water partition coefficient (Wildman–Crippen LogP) is 7.36. The molecule has 0 radical (unpaired) electrons. The lowest BCUT2D eigenvalue weighted by molar-refractivity contribution is -0.127. The minimum atomic E-state index is -4.48. The zero-order valence-electron chi connectivity index (χ0n) is 25.7. The molecule has 1 aliphatic rings. The molecule has 0 spiro atoms. The van der Waals surface area contributed by atoms with Gasteiger partial charge in [-0.25, -0.2) is 4.68 Å². The van der Waals surface area contributed by atoms with Crippen LogP contribution < -0.4 is 21.1 Å². The van der Waals surface area contributed by atoms with E-state index in [9.17, 15) is 18.0 Å². The summed E-state index contributed by atoms with van der Waals surface area (Å²) in [6, 6.07) is 33.4. The number of amides is 1. The van der Waals surface area contributed by atoms with E-state index in [2.05, 4.69) is 15.7 Å². The Morgan fingerprint density at radius 3 is 2.36 bits per heavy atom. The van der Waals surface area contributed by atoms with Gasteiger partial charge in [0, 0.05) is 12.2 Å². The summed E-state index contributed by atoms with van der Waals surface area (Å²) < 4.78 is 47.1. The number of halogens is 3. The Morgan fingerprint density at radius 2 is 1.64 bits per heavy atom. The monoisotopic (exact) mass is 639 g/mol. The van der Waals surface area contributed by atoms with Gasteiger partial charge in [-0.1, -0.05) is 66.7 Å². The highest BCUT2D eigenvalue weighted by molar-refractivity contribution is 6.03. The summed E-state index contributed by atoms with van der Waals surface area (Å²) in [7, 11) is 0. The molecule has 0 bridgehead atoms. The first kappa shape index (κ1) is 32.0. The van der Waals surface area contributed by atoms with Crippen LogP contribution in [0.25, 0.3) is 5.69 Å². The van der Waals surface area contributed by atoms with E-state index in [-0.39, 0.29) is 24.0 Å². The molecule has 0 saturated heterocycles. The van der Waals surface area contributed by atoms with Gasteiger partial charge in [-0.15, -0.1) is 0 Å². The Labute approximate surface area is 271 Å². The quantitative estimate of drug-likeness (QED) is 0.125. The van der Waals surface area contributed by atoms with Gasteiger partial charge in [-0.3, -0.25) is 4.79 Å². The van der Waals surface area contributed by atoms with Gasteiger partial charge in [0.15, 0.2) is 0 Å². The summed E-state index contributed by atoms with van der Waals surface area (Å²) in [5, 5.41) is 10.7. The molecule has 4 N–H and O–H groups in total. The predicted molar refractivity (Wildman–Crippen MR) is 175 cm³/mol. The van der Waals surface area contributed by atoms with Crippen molar-refractivity contribution in [2.75, 3.05) is 11.9 Å². The fraction of sp³-hybridized carbons (Fsp3) is 0.243. The van der Waals surface area contributed by atoms with E-state index in [1.165, 1.54) is 23.6 Å². The highest BCUT2D eigenvalue weighted by Crippen LogP contribution is 2.32. The third kappa shape index (κ3) is 8.66. The first-order valence-corrected chi connectivity index (χ1v) is 15.6. The number of anilines is 1. The number of carbonyl (C=O) groups is 1. The fourth-order valence-electron chi connectivity index (χ4n) is 5.42. The maximum absolute atomic E-state index is 13.6. The Balaban J connectivity index is 1.23. The molecule has 7 nitrogen and oxygen atoms in total. The molecule has 1 saturated carbocycles. The van der Waals surface area contributed by atoms with Crippen molar-refractivity contribution in [2.24, 2.45) is 11.7 Å². The molecule has 242 valence electrons. The van der Waals surface area contributed by atoms with Crippen LogP contribution in [0.15, 0.2) is 109 Å². The van der Waals surface area contributed by atoms with Gasteiger partial charge in [0.2, 0.25) is 0 Å². The molecule has 4 aromatic carbocycles. The van der Waals surface area contributed by atoms with Crippen LogP contribution in [0.2, 0.25) is 0 Å². The summed E-state index contributed by atoms with van der Waals surface area (Å²) in [5.41, 5.74) is 10.3. The Hall–Kier alpha value is -4.93. The molecular formula is C37H36F3N5O2. The molecule has 1 amide bonds. The molecule has 1 aromatic heterocycles. The van der Waals surface area contributed by atoms with Crippen molar-refractivity contribution in [1.29, 1.82) is 0 Å². The van der Waals surface area contributed by atoms with Crippen LogP contribution in [-0.2, 0) is 19.6 Å². The van der Waals surface area contributed by atoms with Gasteiger partial charge in [-0.05, 0) is 90.0 Å². The molecule has 1 unspecified atom stereocenters. The van der Waals surface area contributed by atoms with Crippen molar-refractivity contribution in [2.45, 2.75) is 44.6 Å². The third-order valence-corrected chi connectivity index (χ3v) is 8.01. The zero-order chi connectivity index (χ0) is 32.8. The van der Waals surface area contributed by atoms with Crippen LogP contribution >= 0.6 is 0 Å². The molecule has 0 aliphatic heterocycles. The number of nitrogens with one attached hydrogen (secondary N) is 2. The third-order valence-electron chi connectivity index (χ3n) is 8.01. The van der Waals surface area contributed by atoms with Gasteiger partial charge < -0.3 is 21.1 Å².